The van der Waals surface area contributed by atoms with Gasteiger partial charge in [-0.1, -0.05) is 0 Å². The molecular weight excluding hydrogens is 370 g/mol. The number of amides is 1. The fourth-order valence-electron chi connectivity index (χ4n) is 3.17. The van der Waals surface area contributed by atoms with Crippen LogP contribution in [0.25, 0.3) is 0 Å². The highest BCUT2D eigenvalue weighted by Gasteiger charge is 2.24. The molecule has 28 heavy (non-hydrogen) atoms. The van der Waals surface area contributed by atoms with Gasteiger partial charge in [-0.2, -0.15) is 0 Å². The number of benzene rings is 1. The molecule has 0 bridgehead atoms. The Balaban J connectivity index is 1.57. The van der Waals surface area contributed by atoms with Crippen LogP contribution in [0.1, 0.15) is 23.2 Å². The van der Waals surface area contributed by atoms with Gasteiger partial charge in [0.15, 0.2) is 6.61 Å². The van der Waals surface area contributed by atoms with Crippen molar-refractivity contribution in [3.05, 3.63) is 33.9 Å². The smallest absolute Gasteiger partial charge is 0.338 e. The molecule has 2 saturated heterocycles. The number of hydrogen-bond donors (Lipinski definition) is 1. The van der Waals surface area contributed by atoms with E-state index in [2.05, 4.69) is 5.32 Å². The van der Waals surface area contributed by atoms with Crippen molar-refractivity contribution in [1.82, 2.24) is 5.32 Å². The average molecular weight is 393 g/mol. The van der Waals surface area contributed by atoms with Crippen molar-refractivity contribution < 1.29 is 28.7 Å². The van der Waals surface area contributed by atoms with E-state index in [1.54, 1.807) is 0 Å². The first-order chi connectivity index (χ1) is 13.5. The molecule has 3 rings (SSSR count). The third-order valence-electron chi connectivity index (χ3n) is 4.64. The summed E-state index contributed by atoms with van der Waals surface area (Å²) in [5, 5.41) is 14.1. The number of esters is 1. The number of ether oxygens (including phenoxy) is 3. The molecule has 0 unspecified atom stereocenters. The summed E-state index contributed by atoms with van der Waals surface area (Å²) < 4.78 is 15.6. The van der Waals surface area contributed by atoms with Crippen LogP contribution in [0.2, 0.25) is 0 Å². The molecule has 1 amide bonds. The van der Waals surface area contributed by atoms with Gasteiger partial charge in [0.05, 0.1) is 29.8 Å². The van der Waals surface area contributed by atoms with Crippen molar-refractivity contribution in [2.45, 2.75) is 18.9 Å². The SMILES string of the molecule is O=C(COC(=O)c1ccc(N2CCOCC2)c([N+](=O)[O-])c1)NC[C@H]1CCCO1. The second-order valence-electron chi connectivity index (χ2n) is 6.58. The van der Waals surface area contributed by atoms with E-state index in [1.807, 2.05) is 4.90 Å². The molecule has 0 aliphatic carbocycles. The summed E-state index contributed by atoms with van der Waals surface area (Å²) in [4.78, 5) is 36.7. The molecule has 0 saturated carbocycles. The summed E-state index contributed by atoms with van der Waals surface area (Å²) in [6, 6.07) is 4.17. The van der Waals surface area contributed by atoms with E-state index in [0.717, 1.165) is 12.8 Å². The molecule has 10 heteroatoms. The molecule has 2 aliphatic rings. The van der Waals surface area contributed by atoms with Crippen molar-refractivity contribution in [2.75, 3.05) is 51.0 Å². The summed E-state index contributed by atoms with van der Waals surface area (Å²) in [5.41, 5.74) is 0.272. The highest BCUT2D eigenvalue weighted by atomic mass is 16.6. The molecule has 2 fully saturated rings. The van der Waals surface area contributed by atoms with Gasteiger partial charge in [0.2, 0.25) is 0 Å². The summed E-state index contributed by atoms with van der Waals surface area (Å²) in [6.45, 7) is 2.66. The lowest BCUT2D eigenvalue weighted by molar-refractivity contribution is -0.384. The molecule has 2 heterocycles. The number of anilines is 1. The second-order valence-corrected chi connectivity index (χ2v) is 6.58. The number of carbonyl (C=O) groups is 2. The molecule has 1 N–H and O–H groups in total. The number of nitro groups is 1. The predicted molar refractivity (Wildman–Crippen MR) is 98.4 cm³/mol. The standard InChI is InChI=1S/C18H23N3O7/c22-17(19-11-14-2-1-7-27-14)12-28-18(23)13-3-4-15(16(10-13)21(24)25)20-5-8-26-9-6-20/h3-4,10,14H,1-2,5-9,11-12H2,(H,19,22)/t14-/m1/s1. The third-order valence-corrected chi connectivity index (χ3v) is 4.64. The zero-order chi connectivity index (χ0) is 19.9. The number of nitrogens with zero attached hydrogens (tertiary/aromatic N) is 2. The first-order valence-corrected chi connectivity index (χ1v) is 9.21. The van der Waals surface area contributed by atoms with Crippen LogP contribution in [-0.2, 0) is 19.0 Å². The topological polar surface area (TPSA) is 120 Å². The van der Waals surface area contributed by atoms with E-state index in [9.17, 15) is 19.7 Å². The number of nitro benzene ring substituents is 1. The molecule has 0 spiro atoms. The Morgan fingerprint density at radius 3 is 2.75 bits per heavy atom. The van der Waals surface area contributed by atoms with Crippen molar-refractivity contribution >= 4 is 23.3 Å². The van der Waals surface area contributed by atoms with Crippen LogP contribution in [0, 0.1) is 10.1 Å². The normalized spacial score (nSPS) is 19.3. The molecule has 1 aromatic rings. The second kappa shape index (κ2) is 9.47. The molecule has 10 nitrogen and oxygen atoms in total. The van der Waals surface area contributed by atoms with Gasteiger partial charge < -0.3 is 24.4 Å². The number of carbonyl (C=O) groups excluding carboxylic acids is 2. The predicted octanol–water partition coefficient (Wildman–Crippen LogP) is 0.883. The summed E-state index contributed by atoms with van der Waals surface area (Å²) in [6.07, 6.45) is 1.85. The number of hydrogen-bond acceptors (Lipinski definition) is 8. The van der Waals surface area contributed by atoms with E-state index in [4.69, 9.17) is 14.2 Å². The minimum Gasteiger partial charge on any atom is -0.452 e. The van der Waals surface area contributed by atoms with Crippen molar-refractivity contribution in [3.8, 4) is 0 Å². The Kier molecular flexibility index (Phi) is 6.77. The van der Waals surface area contributed by atoms with E-state index >= 15 is 0 Å². The van der Waals surface area contributed by atoms with Crippen molar-refractivity contribution in [3.63, 3.8) is 0 Å². The third kappa shape index (κ3) is 5.17. The molecule has 1 atom stereocenters. The van der Waals surface area contributed by atoms with Crippen LogP contribution >= 0.6 is 0 Å². The Bertz CT molecular complexity index is 728. The zero-order valence-electron chi connectivity index (χ0n) is 15.4. The van der Waals surface area contributed by atoms with Crippen LogP contribution in [0.15, 0.2) is 18.2 Å². The molecular formula is C18H23N3O7. The average Bonchev–Trinajstić information content (AvgIpc) is 3.24. The van der Waals surface area contributed by atoms with Gasteiger partial charge in [-0.25, -0.2) is 4.79 Å². The van der Waals surface area contributed by atoms with Gasteiger partial charge in [-0.05, 0) is 25.0 Å². The minimum atomic E-state index is -0.788. The highest BCUT2D eigenvalue weighted by Crippen LogP contribution is 2.30. The van der Waals surface area contributed by atoms with Crippen LogP contribution in [0.4, 0.5) is 11.4 Å². The summed E-state index contributed by atoms with van der Waals surface area (Å²) in [7, 11) is 0. The quantitative estimate of drug-likeness (QED) is 0.412. The maximum atomic E-state index is 12.2. The molecule has 2 aliphatic heterocycles. The van der Waals surface area contributed by atoms with Gasteiger partial charge >= 0.3 is 5.97 Å². The summed E-state index contributed by atoms with van der Waals surface area (Å²) in [5.74, 6) is -1.23. The zero-order valence-corrected chi connectivity index (χ0v) is 15.4. The number of nitrogens with one attached hydrogen (secondary N) is 1. The lowest BCUT2D eigenvalue weighted by Gasteiger charge is -2.28. The van der Waals surface area contributed by atoms with Gasteiger partial charge in [0.25, 0.3) is 11.6 Å². The first-order valence-electron chi connectivity index (χ1n) is 9.21. The fourth-order valence-corrected chi connectivity index (χ4v) is 3.17. The van der Waals surface area contributed by atoms with Gasteiger partial charge in [-0.3, -0.25) is 14.9 Å². The van der Waals surface area contributed by atoms with Crippen molar-refractivity contribution in [1.29, 1.82) is 0 Å². The van der Waals surface area contributed by atoms with Crippen LogP contribution < -0.4 is 10.2 Å². The van der Waals surface area contributed by atoms with Crippen molar-refractivity contribution in [2.24, 2.45) is 0 Å². The number of morpholine rings is 1. The maximum Gasteiger partial charge on any atom is 0.338 e. The van der Waals surface area contributed by atoms with Crippen LogP contribution in [0.5, 0.6) is 0 Å². The van der Waals surface area contributed by atoms with E-state index in [0.29, 0.717) is 45.1 Å². The minimum absolute atomic E-state index is 0.00460. The largest absolute Gasteiger partial charge is 0.452 e. The molecule has 0 aromatic heterocycles. The first kappa shape index (κ1) is 20.0. The van der Waals surface area contributed by atoms with Crippen LogP contribution in [-0.4, -0.2) is 69.0 Å². The van der Waals surface area contributed by atoms with Crippen LogP contribution in [0.3, 0.4) is 0 Å². The van der Waals surface area contributed by atoms with Gasteiger partial charge in [-0.15, -0.1) is 0 Å². The lowest BCUT2D eigenvalue weighted by Crippen LogP contribution is -2.36. The lowest BCUT2D eigenvalue weighted by atomic mass is 10.1. The van der Waals surface area contributed by atoms with Gasteiger partial charge in [0, 0.05) is 32.3 Å². The Labute approximate surface area is 161 Å². The van der Waals surface area contributed by atoms with E-state index in [1.165, 1.54) is 18.2 Å². The fraction of sp³-hybridized carbons (Fsp3) is 0.556. The maximum absolute atomic E-state index is 12.2. The van der Waals surface area contributed by atoms with E-state index < -0.39 is 23.4 Å². The molecule has 0 radical (unpaired) electrons. The van der Waals surface area contributed by atoms with Gasteiger partial charge in [0.1, 0.15) is 5.69 Å². The molecule has 1 aromatic carbocycles. The Morgan fingerprint density at radius 2 is 2.07 bits per heavy atom. The molecule has 152 valence electrons. The highest BCUT2D eigenvalue weighted by molar-refractivity contribution is 5.93. The number of rotatable bonds is 7. The Morgan fingerprint density at radius 1 is 1.29 bits per heavy atom. The Hall–Kier alpha value is -2.72. The summed E-state index contributed by atoms with van der Waals surface area (Å²) >= 11 is 0. The van der Waals surface area contributed by atoms with E-state index in [-0.39, 0.29) is 17.4 Å². The monoisotopic (exact) mass is 393 g/mol.